The SMILES string of the molecule is CC1(C)CC(c2ccncc2)C(c2cccc(Cl)c2)=N1. The van der Waals surface area contributed by atoms with Crippen molar-refractivity contribution in [3.63, 3.8) is 0 Å². The number of aliphatic imine (C=N–C) groups is 1. The third kappa shape index (κ3) is 2.61. The van der Waals surface area contributed by atoms with Crippen molar-refractivity contribution in [3.05, 3.63) is 64.9 Å². The van der Waals surface area contributed by atoms with Gasteiger partial charge in [-0.3, -0.25) is 9.98 Å². The topological polar surface area (TPSA) is 25.2 Å². The van der Waals surface area contributed by atoms with E-state index in [-0.39, 0.29) is 5.54 Å². The van der Waals surface area contributed by atoms with Crippen LogP contribution in [0.15, 0.2) is 53.8 Å². The normalized spacial score (nSPS) is 20.8. The molecular weight excluding hydrogens is 268 g/mol. The molecule has 3 rings (SSSR count). The van der Waals surface area contributed by atoms with Crippen molar-refractivity contribution >= 4 is 17.3 Å². The summed E-state index contributed by atoms with van der Waals surface area (Å²) in [6, 6.07) is 12.1. The number of nitrogens with zero attached hydrogens (tertiary/aromatic N) is 2. The molecule has 1 atom stereocenters. The second-order valence-electron chi connectivity index (χ2n) is 5.86. The Kier molecular flexibility index (Phi) is 3.35. The van der Waals surface area contributed by atoms with Crippen LogP contribution in [-0.2, 0) is 0 Å². The van der Waals surface area contributed by atoms with Gasteiger partial charge in [0.2, 0.25) is 0 Å². The van der Waals surface area contributed by atoms with Crippen molar-refractivity contribution < 1.29 is 0 Å². The van der Waals surface area contributed by atoms with E-state index in [0.29, 0.717) is 5.92 Å². The van der Waals surface area contributed by atoms with Gasteiger partial charge < -0.3 is 0 Å². The summed E-state index contributed by atoms with van der Waals surface area (Å²) in [5.74, 6) is 0.312. The molecule has 2 nitrogen and oxygen atoms in total. The molecule has 0 fully saturated rings. The smallest absolute Gasteiger partial charge is 0.0565 e. The van der Waals surface area contributed by atoms with Crippen LogP contribution in [0.4, 0.5) is 0 Å². The van der Waals surface area contributed by atoms with Crippen LogP contribution in [0.3, 0.4) is 0 Å². The summed E-state index contributed by atoms with van der Waals surface area (Å²) in [5.41, 5.74) is 3.48. The van der Waals surface area contributed by atoms with E-state index >= 15 is 0 Å². The molecule has 1 unspecified atom stereocenters. The summed E-state index contributed by atoms with van der Waals surface area (Å²) in [7, 11) is 0. The standard InChI is InChI=1S/C17H17ClN2/c1-17(2)11-15(12-6-8-19-9-7-12)16(20-17)13-4-3-5-14(18)10-13/h3-10,15H,11H2,1-2H3. The summed E-state index contributed by atoms with van der Waals surface area (Å²) in [6.45, 7) is 4.36. The molecule has 1 aromatic heterocycles. The lowest BCUT2D eigenvalue weighted by Gasteiger charge is -2.16. The van der Waals surface area contributed by atoms with Crippen molar-refractivity contribution in [1.82, 2.24) is 4.98 Å². The molecule has 1 aliphatic rings. The maximum absolute atomic E-state index is 6.12. The lowest BCUT2D eigenvalue weighted by molar-refractivity contribution is 0.502. The van der Waals surface area contributed by atoms with Gasteiger partial charge in [-0.25, -0.2) is 0 Å². The minimum Gasteiger partial charge on any atom is -0.282 e. The average Bonchev–Trinajstić information content (AvgIpc) is 2.76. The van der Waals surface area contributed by atoms with Gasteiger partial charge in [-0.1, -0.05) is 23.7 Å². The quantitative estimate of drug-likeness (QED) is 0.797. The average molecular weight is 285 g/mol. The Labute approximate surface area is 124 Å². The van der Waals surface area contributed by atoms with Crippen molar-refractivity contribution in [2.24, 2.45) is 4.99 Å². The van der Waals surface area contributed by atoms with E-state index in [4.69, 9.17) is 16.6 Å². The summed E-state index contributed by atoms with van der Waals surface area (Å²) in [4.78, 5) is 9.03. The largest absolute Gasteiger partial charge is 0.282 e. The first kappa shape index (κ1) is 13.3. The van der Waals surface area contributed by atoms with Crippen molar-refractivity contribution in [3.8, 4) is 0 Å². The molecule has 0 aliphatic carbocycles. The predicted octanol–water partition coefficient (Wildman–Crippen LogP) is 4.49. The first-order valence-corrected chi connectivity index (χ1v) is 7.19. The number of aromatic nitrogens is 1. The maximum Gasteiger partial charge on any atom is 0.0565 e. The van der Waals surface area contributed by atoms with Gasteiger partial charge in [-0.2, -0.15) is 0 Å². The number of rotatable bonds is 2. The monoisotopic (exact) mass is 284 g/mol. The highest BCUT2D eigenvalue weighted by atomic mass is 35.5. The summed E-state index contributed by atoms with van der Waals surface area (Å²) >= 11 is 6.12. The predicted molar refractivity (Wildman–Crippen MR) is 83.7 cm³/mol. The molecule has 0 radical (unpaired) electrons. The Morgan fingerprint density at radius 1 is 1.15 bits per heavy atom. The first-order chi connectivity index (χ1) is 9.55. The van der Waals surface area contributed by atoms with Crippen molar-refractivity contribution in [2.45, 2.75) is 31.7 Å². The van der Waals surface area contributed by atoms with E-state index in [1.165, 1.54) is 5.56 Å². The highest BCUT2D eigenvalue weighted by Crippen LogP contribution is 2.38. The number of hydrogen-bond donors (Lipinski definition) is 0. The van der Waals surface area contributed by atoms with Gasteiger partial charge in [0, 0.05) is 23.3 Å². The van der Waals surface area contributed by atoms with Crippen LogP contribution < -0.4 is 0 Å². The molecule has 1 aliphatic heterocycles. The second-order valence-corrected chi connectivity index (χ2v) is 6.29. The van der Waals surface area contributed by atoms with E-state index < -0.39 is 0 Å². The van der Waals surface area contributed by atoms with E-state index in [0.717, 1.165) is 22.7 Å². The summed E-state index contributed by atoms with van der Waals surface area (Å²) in [6.07, 6.45) is 4.70. The number of benzene rings is 1. The lowest BCUT2D eigenvalue weighted by atomic mass is 9.86. The molecule has 0 saturated heterocycles. The Balaban J connectivity index is 2.06. The molecule has 3 heteroatoms. The highest BCUT2D eigenvalue weighted by Gasteiger charge is 2.35. The zero-order chi connectivity index (χ0) is 14.2. The van der Waals surface area contributed by atoms with Crippen LogP contribution in [0, 0.1) is 0 Å². The van der Waals surface area contributed by atoms with Gasteiger partial charge in [-0.05, 0) is 55.7 Å². The van der Waals surface area contributed by atoms with Gasteiger partial charge in [0.05, 0.1) is 11.3 Å². The molecule has 102 valence electrons. The van der Waals surface area contributed by atoms with Gasteiger partial charge in [0.1, 0.15) is 0 Å². The Bertz CT molecular complexity index is 647. The van der Waals surface area contributed by atoms with Gasteiger partial charge in [0.25, 0.3) is 0 Å². The lowest BCUT2D eigenvalue weighted by Crippen LogP contribution is -2.14. The van der Waals surface area contributed by atoms with Crippen LogP contribution in [-0.4, -0.2) is 16.2 Å². The number of hydrogen-bond acceptors (Lipinski definition) is 2. The van der Waals surface area contributed by atoms with E-state index in [2.05, 4.69) is 37.0 Å². The van der Waals surface area contributed by atoms with Gasteiger partial charge in [0.15, 0.2) is 0 Å². The molecule has 0 spiro atoms. The zero-order valence-corrected chi connectivity index (χ0v) is 12.4. The van der Waals surface area contributed by atoms with Crippen LogP contribution in [0.1, 0.15) is 37.3 Å². The third-order valence-corrected chi connectivity index (χ3v) is 3.92. The van der Waals surface area contributed by atoms with Gasteiger partial charge in [-0.15, -0.1) is 0 Å². The zero-order valence-electron chi connectivity index (χ0n) is 11.7. The maximum atomic E-state index is 6.12. The fourth-order valence-electron chi connectivity index (χ4n) is 2.83. The third-order valence-electron chi connectivity index (χ3n) is 3.69. The van der Waals surface area contributed by atoms with Crippen LogP contribution >= 0.6 is 11.6 Å². The minimum atomic E-state index is -0.0361. The Morgan fingerprint density at radius 3 is 2.60 bits per heavy atom. The first-order valence-electron chi connectivity index (χ1n) is 6.81. The second kappa shape index (κ2) is 5.02. The van der Waals surface area contributed by atoms with E-state index in [9.17, 15) is 0 Å². The number of halogens is 1. The van der Waals surface area contributed by atoms with Gasteiger partial charge >= 0.3 is 0 Å². The summed E-state index contributed by atoms with van der Waals surface area (Å²) < 4.78 is 0. The van der Waals surface area contributed by atoms with E-state index in [1.54, 1.807) is 0 Å². The molecule has 2 heterocycles. The Morgan fingerprint density at radius 2 is 1.90 bits per heavy atom. The molecule has 1 aromatic carbocycles. The molecule has 0 amide bonds. The molecule has 20 heavy (non-hydrogen) atoms. The van der Waals surface area contributed by atoms with E-state index in [1.807, 2.05) is 30.6 Å². The Hall–Kier alpha value is -1.67. The fourth-order valence-corrected chi connectivity index (χ4v) is 3.02. The molecule has 0 saturated carbocycles. The van der Waals surface area contributed by atoms with Crippen molar-refractivity contribution in [2.75, 3.05) is 0 Å². The summed E-state index contributed by atoms with van der Waals surface area (Å²) in [5, 5.41) is 0.753. The van der Waals surface area contributed by atoms with Crippen LogP contribution in [0.2, 0.25) is 5.02 Å². The minimum absolute atomic E-state index is 0.0361. The van der Waals surface area contributed by atoms with Crippen molar-refractivity contribution in [1.29, 1.82) is 0 Å². The fraction of sp³-hybridized carbons (Fsp3) is 0.294. The molecule has 2 aromatic rings. The van der Waals surface area contributed by atoms with Crippen LogP contribution in [0.5, 0.6) is 0 Å². The molecule has 0 bridgehead atoms. The highest BCUT2D eigenvalue weighted by molar-refractivity contribution is 6.31. The molecule has 0 N–H and O–H groups in total. The van der Waals surface area contributed by atoms with Crippen LogP contribution in [0.25, 0.3) is 0 Å². The number of pyridine rings is 1. The molecular formula is C17H17ClN2.